The molecule has 1 aromatic carbocycles. The molecule has 0 aliphatic carbocycles. The predicted molar refractivity (Wildman–Crippen MR) is 88.3 cm³/mol. The van der Waals surface area contributed by atoms with Crippen LogP contribution in [-0.2, 0) is 6.54 Å². The lowest BCUT2D eigenvalue weighted by molar-refractivity contribution is 0.433. The molecule has 0 aromatic heterocycles. The summed E-state index contributed by atoms with van der Waals surface area (Å²) in [7, 11) is 0. The molecule has 1 aromatic rings. The molecule has 1 aliphatic heterocycles. The summed E-state index contributed by atoms with van der Waals surface area (Å²) in [6.07, 6.45) is 7.93. The smallest absolute Gasteiger partial charge is 0.0414 e. The molecule has 1 unspecified atom stereocenters. The Morgan fingerprint density at radius 2 is 2.00 bits per heavy atom. The van der Waals surface area contributed by atoms with E-state index in [2.05, 4.69) is 48.3 Å². The number of nitrogens with zero attached hydrogens (tertiary/aromatic N) is 1. The van der Waals surface area contributed by atoms with Crippen molar-refractivity contribution in [3.8, 4) is 0 Å². The van der Waals surface area contributed by atoms with Crippen molar-refractivity contribution in [1.82, 2.24) is 5.32 Å². The predicted octanol–water partition coefficient (Wildman–Crippen LogP) is 4.35. The van der Waals surface area contributed by atoms with Gasteiger partial charge in [-0.2, -0.15) is 0 Å². The second-order valence-electron chi connectivity index (χ2n) is 5.94. The number of hydrogen-bond acceptors (Lipinski definition) is 2. The van der Waals surface area contributed by atoms with E-state index in [1.54, 1.807) is 0 Å². The van der Waals surface area contributed by atoms with Crippen molar-refractivity contribution in [3.63, 3.8) is 0 Å². The summed E-state index contributed by atoms with van der Waals surface area (Å²) in [5, 5.41) is 3.55. The van der Waals surface area contributed by atoms with Gasteiger partial charge in [0.25, 0.3) is 0 Å². The Morgan fingerprint density at radius 1 is 1.15 bits per heavy atom. The highest BCUT2D eigenvalue weighted by Crippen LogP contribution is 2.29. The van der Waals surface area contributed by atoms with Gasteiger partial charge < -0.3 is 10.2 Å². The van der Waals surface area contributed by atoms with E-state index >= 15 is 0 Å². The van der Waals surface area contributed by atoms with E-state index in [1.165, 1.54) is 56.3 Å². The zero-order valence-corrected chi connectivity index (χ0v) is 13.2. The molecule has 1 saturated heterocycles. The van der Waals surface area contributed by atoms with Crippen molar-refractivity contribution in [2.45, 2.75) is 65.0 Å². The molecule has 112 valence electrons. The molecule has 1 aliphatic rings. The molecule has 20 heavy (non-hydrogen) atoms. The molecule has 0 bridgehead atoms. The molecular formula is C18H30N2. The Kier molecular flexibility index (Phi) is 6.38. The van der Waals surface area contributed by atoms with Crippen LogP contribution in [0.15, 0.2) is 24.3 Å². The summed E-state index contributed by atoms with van der Waals surface area (Å²) < 4.78 is 0. The van der Waals surface area contributed by atoms with E-state index in [1.807, 2.05) is 0 Å². The maximum absolute atomic E-state index is 3.55. The number of hydrogen-bond donors (Lipinski definition) is 1. The second-order valence-corrected chi connectivity index (χ2v) is 5.94. The Labute approximate surface area is 124 Å². The summed E-state index contributed by atoms with van der Waals surface area (Å²) in [6, 6.07) is 9.72. The normalized spacial score (nSPS) is 19.3. The van der Waals surface area contributed by atoms with E-state index in [0.717, 1.165) is 19.1 Å². The van der Waals surface area contributed by atoms with Crippen molar-refractivity contribution < 1.29 is 0 Å². The van der Waals surface area contributed by atoms with Gasteiger partial charge in [-0.3, -0.25) is 0 Å². The van der Waals surface area contributed by atoms with Crippen LogP contribution in [0.25, 0.3) is 0 Å². The van der Waals surface area contributed by atoms with Crippen molar-refractivity contribution in [3.05, 3.63) is 29.8 Å². The van der Waals surface area contributed by atoms with Gasteiger partial charge in [-0.25, -0.2) is 0 Å². The molecule has 1 heterocycles. The molecular weight excluding hydrogens is 244 g/mol. The van der Waals surface area contributed by atoms with Crippen LogP contribution in [0.3, 0.4) is 0 Å². The fourth-order valence-corrected chi connectivity index (χ4v) is 3.29. The average molecular weight is 274 g/mol. The van der Waals surface area contributed by atoms with Crippen molar-refractivity contribution >= 4 is 5.69 Å². The highest BCUT2D eigenvalue weighted by Gasteiger charge is 2.23. The highest BCUT2D eigenvalue weighted by molar-refractivity contribution is 5.54. The maximum atomic E-state index is 3.55. The number of para-hydroxylation sites is 1. The van der Waals surface area contributed by atoms with Crippen LogP contribution in [0.2, 0.25) is 0 Å². The molecule has 2 rings (SSSR count). The van der Waals surface area contributed by atoms with Crippen LogP contribution in [0.5, 0.6) is 0 Å². The highest BCUT2D eigenvalue weighted by atomic mass is 15.2. The third-order valence-electron chi connectivity index (χ3n) is 4.29. The minimum absolute atomic E-state index is 0.751. The average Bonchev–Trinajstić information content (AvgIpc) is 2.49. The van der Waals surface area contributed by atoms with Crippen LogP contribution in [0.1, 0.15) is 57.9 Å². The van der Waals surface area contributed by atoms with Crippen LogP contribution < -0.4 is 10.2 Å². The third-order valence-corrected chi connectivity index (χ3v) is 4.29. The van der Waals surface area contributed by atoms with Gasteiger partial charge >= 0.3 is 0 Å². The standard InChI is InChI=1S/C18H30N2/c1-3-9-17-11-7-8-14-20(17)18-12-6-5-10-16(18)15-19-13-4-2/h5-6,10,12,17,19H,3-4,7-9,11,13-15H2,1-2H3. The van der Waals surface area contributed by atoms with Gasteiger partial charge in [-0.05, 0) is 50.3 Å². The molecule has 0 radical (unpaired) electrons. The largest absolute Gasteiger partial charge is 0.368 e. The van der Waals surface area contributed by atoms with E-state index in [9.17, 15) is 0 Å². The van der Waals surface area contributed by atoms with Crippen LogP contribution in [-0.4, -0.2) is 19.1 Å². The second kappa shape index (κ2) is 8.31. The molecule has 0 spiro atoms. The summed E-state index contributed by atoms with van der Waals surface area (Å²) in [6.45, 7) is 7.86. The molecule has 0 saturated carbocycles. The van der Waals surface area contributed by atoms with Crippen molar-refractivity contribution in [2.75, 3.05) is 18.0 Å². The van der Waals surface area contributed by atoms with Crippen LogP contribution in [0, 0.1) is 0 Å². The number of anilines is 1. The van der Waals surface area contributed by atoms with Gasteiger partial charge in [-0.15, -0.1) is 0 Å². The first-order chi connectivity index (χ1) is 9.86. The Balaban J connectivity index is 2.12. The summed E-state index contributed by atoms with van der Waals surface area (Å²) >= 11 is 0. The first kappa shape index (κ1) is 15.4. The molecule has 2 nitrogen and oxygen atoms in total. The van der Waals surface area contributed by atoms with Gasteiger partial charge in [-0.1, -0.05) is 38.5 Å². The van der Waals surface area contributed by atoms with Gasteiger partial charge in [0.05, 0.1) is 0 Å². The SMILES string of the molecule is CCCNCc1ccccc1N1CCCCC1CCC. The Bertz CT molecular complexity index is 387. The van der Waals surface area contributed by atoms with E-state index in [4.69, 9.17) is 0 Å². The van der Waals surface area contributed by atoms with Crippen molar-refractivity contribution in [1.29, 1.82) is 0 Å². The zero-order chi connectivity index (χ0) is 14.2. The Morgan fingerprint density at radius 3 is 2.80 bits per heavy atom. The third kappa shape index (κ3) is 3.99. The Hall–Kier alpha value is -1.02. The fraction of sp³-hybridized carbons (Fsp3) is 0.667. The fourth-order valence-electron chi connectivity index (χ4n) is 3.29. The van der Waals surface area contributed by atoms with Gasteiger partial charge in [0.2, 0.25) is 0 Å². The topological polar surface area (TPSA) is 15.3 Å². The number of benzene rings is 1. The van der Waals surface area contributed by atoms with Gasteiger partial charge in [0.15, 0.2) is 0 Å². The van der Waals surface area contributed by atoms with Crippen LogP contribution in [0.4, 0.5) is 5.69 Å². The van der Waals surface area contributed by atoms with Gasteiger partial charge in [0, 0.05) is 24.8 Å². The lowest BCUT2D eigenvalue weighted by Crippen LogP contribution is -2.40. The van der Waals surface area contributed by atoms with Crippen molar-refractivity contribution in [2.24, 2.45) is 0 Å². The zero-order valence-electron chi connectivity index (χ0n) is 13.2. The summed E-state index contributed by atoms with van der Waals surface area (Å²) in [5.74, 6) is 0. The number of nitrogens with one attached hydrogen (secondary N) is 1. The van der Waals surface area contributed by atoms with E-state index in [-0.39, 0.29) is 0 Å². The lowest BCUT2D eigenvalue weighted by atomic mass is 9.96. The summed E-state index contributed by atoms with van der Waals surface area (Å²) in [5.41, 5.74) is 2.93. The van der Waals surface area contributed by atoms with E-state index < -0.39 is 0 Å². The lowest BCUT2D eigenvalue weighted by Gasteiger charge is -2.39. The number of rotatable bonds is 7. The first-order valence-electron chi connectivity index (χ1n) is 8.42. The molecule has 0 amide bonds. The molecule has 1 fully saturated rings. The van der Waals surface area contributed by atoms with E-state index in [0.29, 0.717) is 0 Å². The molecule has 1 N–H and O–H groups in total. The molecule has 1 atom stereocenters. The monoisotopic (exact) mass is 274 g/mol. The van der Waals surface area contributed by atoms with Crippen LogP contribution >= 0.6 is 0 Å². The first-order valence-corrected chi connectivity index (χ1v) is 8.42. The maximum Gasteiger partial charge on any atom is 0.0414 e. The quantitative estimate of drug-likeness (QED) is 0.744. The summed E-state index contributed by atoms with van der Waals surface area (Å²) in [4.78, 5) is 2.68. The molecule has 2 heteroatoms. The minimum Gasteiger partial charge on any atom is -0.368 e. The minimum atomic E-state index is 0.751. The number of piperidine rings is 1. The van der Waals surface area contributed by atoms with Gasteiger partial charge in [0.1, 0.15) is 0 Å².